The minimum absolute atomic E-state index is 0.793. The lowest BCUT2D eigenvalue weighted by Crippen LogP contribution is -2.12. The molecule has 0 unspecified atom stereocenters. The molecule has 0 amide bonds. The van der Waals surface area contributed by atoms with Gasteiger partial charge in [-0.25, -0.2) is 0 Å². The van der Waals surface area contributed by atoms with Crippen LogP contribution in [0.1, 0.15) is 23.6 Å². The van der Waals surface area contributed by atoms with Gasteiger partial charge >= 0.3 is 0 Å². The van der Waals surface area contributed by atoms with Crippen LogP contribution in [0, 0.1) is 13.8 Å². The summed E-state index contributed by atoms with van der Waals surface area (Å²) in [5.41, 5.74) is 5.90. The highest BCUT2D eigenvalue weighted by Crippen LogP contribution is 2.34. The second-order valence-electron chi connectivity index (χ2n) is 5.22. The molecule has 2 nitrogen and oxygen atoms in total. The summed E-state index contributed by atoms with van der Waals surface area (Å²) in [6, 6.07) is 10.3. The maximum absolute atomic E-state index is 6.46. The van der Waals surface area contributed by atoms with E-state index >= 15 is 0 Å². The molecule has 0 atom stereocenters. The lowest BCUT2D eigenvalue weighted by molar-refractivity contribution is 0.414. The molecule has 3 heteroatoms. The Hall–Kier alpha value is -1.51. The number of hydrogen-bond donors (Lipinski definition) is 1. The van der Waals surface area contributed by atoms with Crippen LogP contribution in [0.25, 0.3) is 11.1 Å². The molecule has 0 aliphatic carbocycles. The van der Waals surface area contributed by atoms with Crippen LogP contribution < -0.4 is 10.1 Å². The maximum Gasteiger partial charge on any atom is 0.119 e. The van der Waals surface area contributed by atoms with Crippen molar-refractivity contribution in [3.63, 3.8) is 0 Å². The first-order valence-electron chi connectivity index (χ1n) is 7.21. The molecule has 2 rings (SSSR count). The minimum atomic E-state index is 0.793. The fourth-order valence-electron chi connectivity index (χ4n) is 2.35. The summed E-state index contributed by atoms with van der Waals surface area (Å²) in [5.74, 6) is 0.867. The van der Waals surface area contributed by atoms with Gasteiger partial charge in [-0.1, -0.05) is 24.6 Å². The number of ether oxygens (including phenoxy) is 1. The Morgan fingerprint density at radius 2 is 1.76 bits per heavy atom. The van der Waals surface area contributed by atoms with Gasteiger partial charge in [-0.2, -0.15) is 0 Å². The Kier molecular flexibility index (Phi) is 5.27. The average Bonchev–Trinajstić information content (AvgIpc) is 2.48. The molecule has 2 aromatic rings. The summed E-state index contributed by atoms with van der Waals surface area (Å²) in [4.78, 5) is 0. The zero-order chi connectivity index (χ0) is 15.4. The molecular weight excluding hydrogens is 282 g/mol. The lowest BCUT2D eigenvalue weighted by atomic mass is 9.96. The zero-order valence-corrected chi connectivity index (χ0v) is 13.8. The van der Waals surface area contributed by atoms with E-state index in [1.54, 1.807) is 7.11 Å². The van der Waals surface area contributed by atoms with E-state index in [0.717, 1.165) is 35.0 Å². The minimum Gasteiger partial charge on any atom is -0.497 e. The third-order valence-electron chi connectivity index (χ3n) is 3.75. The molecular formula is C18H22ClNO. The number of halogens is 1. The van der Waals surface area contributed by atoms with Crippen molar-refractivity contribution in [2.24, 2.45) is 0 Å². The van der Waals surface area contributed by atoms with Crippen molar-refractivity contribution in [1.82, 2.24) is 5.32 Å². The predicted octanol–water partition coefficient (Wildman–Crippen LogP) is 4.74. The molecule has 21 heavy (non-hydrogen) atoms. The van der Waals surface area contributed by atoms with E-state index in [-0.39, 0.29) is 0 Å². The smallest absolute Gasteiger partial charge is 0.119 e. The van der Waals surface area contributed by atoms with Crippen LogP contribution >= 0.6 is 11.6 Å². The van der Waals surface area contributed by atoms with Crippen molar-refractivity contribution in [2.45, 2.75) is 27.3 Å². The van der Waals surface area contributed by atoms with Crippen molar-refractivity contribution >= 4 is 11.6 Å². The largest absolute Gasteiger partial charge is 0.497 e. The first-order valence-corrected chi connectivity index (χ1v) is 7.59. The average molecular weight is 304 g/mol. The van der Waals surface area contributed by atoms with Crippen molar-refractivity contribution in [2.75, 3.05) is 13.7 Å². The molecule has 0 aliphatic heterocycles. The second kappa shape index (κ2) is 6.97. The first-order chi connectivity index (χ1) is 10.1. The Morgan fingerprint density at radius 1 is 1.05 bits per heavy atom. The standard InChI is InChI=1S/C18H22ClNO/c1-5-20-11-14-10-15(21-4)6-7-16(14)17-8-12(2)13(3)9-18(17)19/h6-10,20H,5,11H2,1-4H3. The van der Waals surface area contributed by atoms with Gasteiger partial charge in [-0.05, 0) is 66.9 Å². The van der Waals surface area contributed by atoms with Gasteiger partial charge in [-0.3, -0.25) is 0 Å². The Morgan fingerprint density at radius 3 is 2.43 bits per heavy atom. The summed E-state index contributed by atoms with van der Waals surface area (Å²) in [6.45, 7) is 8.02. The predicted molar refractivity (Wildman–Crippen MR) is 90.3 cm³/mol. The highest BCUT2D eigenvalue weighted by Gasteiger charge is 2.11. The molecule has 0 radical (unpaired) electrons. The number of hydrogen-bond acceptors (Lipinski definition) is 2. The second-order valence-corrected chi connectivity index (χ2v) is 5.63. The lowest BCUT2D eigenvalue weighted by Gasteiger charge is -2.15. The van der Waals surface area contributed by atoms with E-state index in [4.69, 9.17) is 16.3 Å². The van der Waals surface area contributed by atoms with Gasteiger partial charge in [0, 0.05) is 17.1 Å². The fraction of sp³-hybridized carbons (Fsp3) is 0.333. The Bertz CT molecular complexity index is 637. The molecule has 0 fully saturated rings. The van der Waals surface area contributed by atoms with Gasteiger partial charge in [0.2, 0.25) is 0 Å². The van der Waals surface area contributed by atoms with Crippen LogP contribution in [0.4, 0.5) is 0 Å². The quantitative estimate of drug-likeness (QED) is 0.861. The number of methoxy groups -OCH3 is 1. The van der Waals surface area contributed by atoms with Crippen LogP contribution in [-0.2, 0) is 6.54 Å². The van der Waals surface area contributed by atoms with Crippen LogP contribution in [0.5, 0.6) is 5.75 Å². The summed E-state index contributed by atoms with van der Waals surface area (Å²) in [6.07, 6.45) is 0. The van der Waals surface area contributed by atoms with Crippen molar-refractivity contribution in [3.05, 3.63) is 52.0 Å². The summed E-state index contributed by atoms with van der Waals surface area (Å²) in [7, 11) is 1.69. The van der Waals surface area contributed by atoms with Crippen molar-refractivity contribution in [3.8, 4) is 16.9 Å². The van der Waals surface area contributed by atoms with Gasteiger partial charge in [0.25, 0.3) is 0 Å². The molecule has 0 heterocycles. The van der Waals surface area contributed by atoms with Gasteiger partial charge in [0.05, 0.1) is 7.11 Å². The number of nitrogens with one attached hydrogen (secondary N) is 1. The van der Waals surface area contributed by atoms with Crippen LogP contribution in [0.3, 0.4) is 0 Å². The molecule has 112 valence electrons. The molecule has 0 aliphatic rings. The van der Waals surface area contributed by atoms with E-state index in [1.165, 1.54) is 16.7 Å². The number of benzene rings is 2. The van der Waals surface area contributed by atoms with Crippen LogP contribution in [0.15, 0.2) is 30.3 Å². The molecule has 2 aromatic carbocycles. The van der Waals surface area contributed by atoms with E-state index in [2.05, 4.69) is 44.3 Å². The summed E-state index contributed by atoms with van der Waals surface area (Å²) < 4.78 is 5.34. The van der Waals surface area contributed by atoms with Crippen LogP contribution in [-0.4, -0.2) is 13.7 Å². The van der Waals surface area contributed by atoms with Crippen molar-refractivity contribution < 1.29 is 4.74 Å². The molecule has 0 saturated heterocycles. The Labute approximate surface area is 132 Å². The van der Waals surface area contributed by atoms with E-state index in [9.17, 15) is 0 Å². The van der Waals surface area contributed by atoms with Crippen LogP contribution in [0.2, 0.25) is 5.02 Å². The van der Waals surface area contributed by atoms with Gasteiger partial charge in [-0.15, -0.1) is 0 Å². The monoisotopic (exact) mass is 303 g/mol. The van der Waals surface area contributed by atoms with E-state index in [1.807, 2.05) is 12.1 Å². The Balaban J connectivity index is 2.54. The summed E-state index contributed by atoms with van der Waals surface area (Å²) >= 11 is 6.46. The van der Waals surface area contributed by atoms with Crippen molar-refractivity contribution in [1.29, 1.82) is 0 Å². The molecule has 0 spiro atoms. The SMILES string of the molecule is CCNCc1cc(OC)ccc1-c1cc(C)c(C)cc1Cl. The third kappa shape index (κ3) is 3.58. The zero-order valence-electron chi connectivity index (χ0n) is 13.1. The summed E-state index contributed by atoms with van der Waals surface area (Å²) in [5, 5.41) is 4.17. The van der Waals surface area contributed by atoms with Gasteiger partial charge in [0.1, 0.15) is 5.75 Å². The van der Waals surface area contributed by atoms with Gasteiger partial charge in [0.15, 0.2) is 0 Å². The maximum atomic E-state index is 6.46. The highest BCUT2D eigenvalue weighted by molar-refractivity contribution is 6.33. The normalized spacial score (nSPS) is 10.7. The highest BCUT2D eigenvalue weighted by atomic mass is 35.5. The number of aryl methyl sites for hydroxylation is 2. The number of rotatable bonds is 5. The van der Waals surface area contributed by atoms with E-state index in [0.29, 0.717) is 0 Å². The van der Waals surface area contributed by atoms with Gasteiger partial charge < -0.3 is 10.1 Å². The fourth-order valence-corrected chi connectivity index (χ4v) is 2.67. The topological polar surface area (TPSA) is 21.3 Å². The molecule has 0 saturated carbocycles. The first kappa shape index (κ1) is 15.9. The molecule has 0 aromatic heterocycles. The molecule has 0 bridgehead atoms. The third-order valence-corrected chi connectivity index (χ3v) is 4.06. The van der Waals surface area contributed by atoms with E-state index < -0.39 is 0 Å². The molecule has 1 N–H and O–H groups in total.